The lowest BCUT2D eigenvalue weighted by Crippen LogP contribution is -2.08. The van der Waals surface area contributed by atoms with E-state index in [1.54, 1.807) is 0 Å². The molecule has 4 N–H and O–H groups in total. The lowest BCUT2D eigenvalue weighted by molar-refractivity contribution is -0.147. The number of aliphatic hydroxyl groups is 2. The number of hydrogen-bond acceptors (Lipinski definition) is 8. The van der Waals surface area contributed by atoms with Crippen LogP contribution in [0, 0.1) is 0 Å². The summed E-state index contributed by atoms with van der Waals surface area (Å²) in [5.41, 5.74) is 0. The second kappa shape index (κ2) is 28.8. The minimum Gasteiger partial charge on any atom is -0.481 e. The molecule has 0 unspecified atom stereocenters. The Morgan fingerprint density at radius 1 is 0.562 bits per heavy atom. The van der Waals surface area contributed by atoms with E-state index < -0.39 is 23.9 Å². The Kier molecular flexibility index (Phi) is 31.0. The van der Waals surface area contributed by atoms with E-state index in [-0.39, 0.29) is 38.9 Å². The number of esters is 2. The van der Waals surface area contributed by atoms with Crippen LogP contribution in [0.15, 0.2) is 0 Å². The first-order valence-corrected chi connectivity index (χ1v) is 11.2. The average molecular weight is 467 g/mol. The van der Waals surface area contributed by atoms with Crippen LogP contribution in [0.2, 0.25) is 0 Å². The molecule has 0 saturated heterocycles. The fraction of sp³-hybridized carbons (Fsp3) is 0.818. The summed E-state index contributed by atoms with van der Waals surface area (Å²) in [5, 5.41) is 31.8. The molecule has 0 radical (unpaired) electrons. The number of unbranched alkanes of at least 4 members (excludes halogenated alkanes) is 6. The molecule has 0 fully saturated rings. The van der Waals surface area contributed by atoms with Crippen molar-refractivity contribution in [1.82, 2.24) is 0 Å². The Hall–Kier alpha value is -2.20. The molecule has 0 atom stereocenters. The number of carbonyl (C=O) groups excluding carboxylic acids is 2. The van der Waals surface area contributed by atoms with Crippen molar-refractivity contribution in [2.75, 3.05) is 26.4 Å². The summed E-state index contributed by atoms with van der Waals surface area (Å²) in [6.45, 7) is 4.80. The van der Waals surface area contributed by atoms with Gasteiger partial charge in [0, 0.05) is 0 Å². The molecule has 0 bridgehead atoms. The molecule has 0 aromatic heterocycles. The number of aliphatic hydroxyl groups excluding tert-OH is 2. The third-order valence-electron chi connectivity index (χ3n) is 3.71. The molecular formula is C22H42O10. The maximum Gasteiger partial charge on any atom is 0.306 e. The summed E-state index contributed by atoms with van der Waals surface area (Å²) < 4.78 is 9.67. The molecule has 10 nitrogen and oxygen atoms in total. The van der Waals surface area contributed by atoms with Crippen LogP contribution in [0.1, 0.15) is 90.9 Å². The highest BCUT2D eigenvalue weighted by molar-refractivity contribution is 5.77. The molecule has 190 valence electrons. The van der Waals surface area contributed by atoms with Gasteiger partial charge in [0.1, 0.15) is 0 Å². The summed E-state index contributed by atoms with van der Waals surface area (Å²) >= 11 is 0. The number of carbonyl (C=O) groups is 4. The van der Waals surface area contributed by atoms with E-state index in [9.17, 15) is 19.2 Å². The van der Waals surface area contributed by atoms with Crippen LogP contribution in [0.25, 0.3) is 0 Å². The zero-order valence-corrected chi connectivity index (χ0v) is 19.6. The van der Waals surface area contributed by atoms with Crippen molar-refractivity contribution in [2.24, 2.45) is 0 Å². The number of aliphatic carboxylic acids is 2. The van der Waals surface area contributed by atoms with Crippen LogP contribution in [0.5, 0.6) is 0 Å². The SMILES string of the molecule is CCCCCCOC(=O)CCC(=O)O.CCCCCCOC(=O)CCC(=O)O.OCCO. The highest BCUT2D eigenvalue weighted by Gasteiger charge is 2.06. The highest BCUT2D eigenvalue weighted by Crippen LogP contribution is 2.01. The van der Waals surface area contributed by atoms with E-state index in [4.69, 9.17) is 29.9 Å². The molecule has 10 heteroatoms. The molecule has 0 aromatic carbocycles. The van der Waals surface area contributed by atoms with Gasteiger partial charge in [-0.25, -0.2) is 0 Å². The van der Waals surface area contributed by atoms with Crippen LogP contribution in [-0.4, -0.2) is 70.7 Å². The van der Waals surface area contributed by atoms with Gasteiger partial charge in [-0.15, -0.1) is 0 Å². The third kappa shape index (κ3) is 38.4. The van der Waals surface area contributed by atoms with Crippen molar-refractivity contribution in [3.63, 3.8) is 0 Å². The summed E-state index contributed by atoms with van der Waals surface area (Å²) in [4.78, 5) is 42.0. The molecule has 0 aliphatic rings. The second-order valence-electron chi connectivity index (χ2n) is 6.80. The largest absolute Gasteiger partial charge is 0.481 e. The molecule has 0 heterocycles. The van der Waals surface area contributed by atoms with Gasteiger partial charge >= 0.3 is 23.9 Å². The van der Waals surface area contributed by atoms with E-state index in [1.807, 2.05) is 0 Å². The van der Waals surface area contributed by atoms with E-state index >= 15 is 0 Å². The molecule has 0 aliphatic heterocycles. The van der Waals surface area contributed by atoms with Crippen molar-refractivity contribution in [3.05, 3.63) is 0 Å². The summed E-state index contributed by atoms with van der Waals surface area (Å²) in [6.07, 6.45) is 8.10. The average Bonchev–Trinajstić information content (AvgIpc) is 2.76. The van der Waals surface area contributed by atoms with Crippen molar-refractivity contribution in [2.45, 2.75) is 90.9 Å². The van der Waals surface area contributed by atoms with Crippen molar-refractivity contribution in [1.29, 1.82) is 0 Å². The van der Waals surface area contributed by atoms with Crippen LogP contribution in [0.3, 0.4) is 0 Å². The number of carboxylic acids is 2. The third-order valence-corrected chi connectivity index (χ3v) is 3.71. The Morgan fingerprint density at radius 3 is 1.16 bits per heavy atom. The standard InChI is InChI=1S/2C10H18O4.C2H6O2/c2*1-2-3-4-5-8-14-10(13)7-6-9(11)12;3-1-2-4/h2*2-8H2,1H3,(H,11,12);3-4H,1-2H2. The van der Waals surface area contributed by atoms with Gasteiger partial charge < -0.3 is 29.9 Å². The molecule has 0 spiro atoms. The fourth-order valence-corrected chi connectivity index (χ4v) is 1.99. The summed E-state index contributed by atoms with van der Waals surface area (Å²) in [7, 11) is 0. The van der Waals surface area contributed by atoms with Gasteiger partial charge in [0.05, 0.1) is 52.1 Å². The Bertz CT molecular complexity index is 424. The van der Waals surface area contributed by atoms with Crippen molar-refractivity contribution >= 4 is 23.9 Å². The lowest BCUT2D eigenvalue weighted by atomic mass is 10.2. The normalized spacial score (nSPS) is 9.50. The Balaban J connectivity index is -0.000000450. The summed E-state index contributed by atoms with van der Waals surface area (Å²) in [5.74, 6) is -2.76. The maximum absolute atomic E-state index is 10.9. The highest BCUT2D eigenvalue weighted by atomic mass is 16.5. The number of rotatable bonds is 17. The van der Waals surface area contributed by atoms with E-state index in [1.165, 1.54) is 0 Å². The Morgan fingerprint density at radius 2 is 0.906 bits per heavy atom. The zero-order chi connectivity index (χ0) is 25.0. The molecule has 32 heavy (non-hydrogen) atoms. The quantitative estimate of drug-likeness (QED) is 0.185. The molecule has 0 aliphatic carbocycles. The molecule has 0 amide bonds. The van der Waals surface area contributed by atoms with Crippen LogP contribution in [0.4, 0.5) is 0 Å². The van der Waals surface area contributed by atoms with Gasteiger partial charge in [-0.2, -0.15) is 0 Å². The van der Waals surface area contributed by atoms with Crippen molar-refractivity contribution < 1.29 is 49.1 Å². The fourth-order valence-electron chi connectivity index (χ4n) is 1.99. The molecule has 0 aromatic rings. The first-order valence-electron chi connectivity index (χ1n) is 11.2. The van der Waals surface area contributed by atoms with E-state index in [0.29, 0.717) is 13.2 Å². The van der Waals surface area contributed by atoms with Gasteiger partial charge in [0.2, 0.25) is 0 Å². The van der Waals surface area contributed by atoms with Gasteiger partial charge in [0.15, 0.2) is 0 Å². The predicted molar refractivity (Wildman–Crippen MR) is 118 cm³/mol. The van der Waals surface area contributed by atoms with Gasteiger partial charge in [0.25, 0.3) is 0 Å². The first-order chi connectivity index (χ1) is 15.2. The topological polar surface area (TPSA) is 168 Å². The molecule has 0 rings (SSSR count). The second-order valence-corrected chi connectivity index (χ2v) is 6.80. The monoisotopic (exact) mass is 466 g/mol. The van der Waals surface area contributed by atoms with E-state index in [0.717, 1.165) is 51.4 Å². The first kappa shape index (κ1) is 34.4. The number of ether oxygens (including phenoxy) is 2. The minimum atomic E-state index is -0.965. The molecule has 0 saturated carbocycles. The molecular weight excluding hydrogens is 424 g/mol. The predicted octanol–water partition coefficient (Wildman–Crippen LogP) is 2.92. The van der Waals surface area contributed by atoms with Crippen LogP contribution in [-0.2, 0) is 28.7 Å². The zero-order valence-electron chi connectivity index (χ0n) is 19.6. The van der Waals surface area contributed by atoms with Gasteiger partial charge in [-0.3, -0.25) is 19.2 Å². The van der Waals surface area contributed by atoms with E-state index in [2.05, 4.69) is 13.8 Å². The van der Waals surface area contributed by atoms with Crippen LogP contribution >= 0.6 is 0 Å². The van der Waals surface area contributed by atoms with Gasteiger partial charge in [-0.1, -0.05) is 52.4 Å². The van der Waals surface area contributed by atoms with Gasteiger partial charge in [-0.05, 0) is 12.8 Å². The Labute approximate surface area is 190 Å². The lowest BCUT2D eigenvalue weighted by Gasteiger charge is -2.02. The smallest absolute Gasteiger partial charge is 0.306 e. The van der Waals surface area contributed by atoms with Crippen LogP contribution < -0.4 is 0 Å². The maximum atomic E-state index is 10.9. The minimum absolute atomic E-state index is 0.0247. The summed E-state index contributed by atoms with van der Waals surface area (Å²) in [6, 6.07) is 0. The number of carboxylic acid groups (broad SMARTS) is 2. The number of hydrogen-bond donors (Lipinski definition) is 4. The van der Waals surface area contributed by atoms with Crippen molar-refractivity contribution in [3.8, 4) is 0 Å².